The number of carbonyl (C=O) groups is 3. The van der Waals surface area contributed by atoms with Crippen molar-refractivity contribution in [2.75, 3.05) is 13.7 Å². The van der Waals surface area contributed by atoms with Crippen LogP contribution in [0.3, 0.4) is 0 Å². The van der Waals surface area contributed by atoms with E-state index in [1.165, 1.54) is 12.0 Å². The van der Waals surface area contributed by atoms with E-state index in [1.54, 1.807) is 20.8 Å². The standard InChI is InChI=1S/C17H30N2O5/c1-16(2,3)12(18-15(22)24-17(4,5)6)13(20)19-10-8-9-11(19)14(21)23-7/h11-12H,8-10H2,1-7H3,(H,18,22)/t11?,12-/m1/s1. The number of likely N-dealkylation sites (tertiary alicyclic amines) is 1. The van der Waals surface area contributed by atoms with Gasteiger partial charge in [0, 0.05) is 6.54 Å². The Bertz CT molecular complexity index is 490. The van der Waals surface area contributed by atoms with Crippen molar-refractivity contribution in [1.29, 1.82) is 0 Å². The number of hydrogen-bond acceptors (Lipinski definition) is 5. The average molecular weight is 342 g/mol. The molecule has 2 amide bonds. The van der Waals surface area contributed by atoms with Crippen molar-refractivity contribution in [3.05, 3.63) is 0 Å². The van der Waals surface area contributed by atoms with Crippen LogP contribution in [0.4, 0.5) is 4.79 Å². The van der Waals surface area contributed by atoms with Crippen LogP contribution in [0, 0.1) is 5.41 Å². The number of carbonyl (C=O) groups excluding carboxylic acids is 3. The summed E-state index contributed by atoms with van der Waals surface area (Å²) < 4.78 is 10.0. The van der Waals surface area contributed by atoms with Gasteiger partial charge in [0.05, 0.1) is 7.11 Å². The fourth-order valence-electron chi connectivity index (χ4n) is 2.65. The van der Waals surface area contributed by atoms with Crippen LogP contribution in [-0.4, -0.2) is 54.2 Å². The molecule has 24 heavy (non-hydrogen) atoms. The summed E-state index contributed by atoms with van der Waals surface area (Å²) in [6.07, 6.45) is 0.654. The van der Waals surface area contributed by atoms with Crippen molar-refractivity contribution < 1.29 is 23.9 Å². The summed E-state index contributed by atoms with van der Waals surface area (Å²) in [5.74, 6) is -0.716. The molecule has 7 nitrogen and oxygen atoms in total. The fourth-order valence-corrected chi connectivity index (χ4v) is 2.65. The summed E-state index contributed by atoms with van der Waals surface area (Å²) in [6.45, 7) is 11.3. The van der Waals surface area contributed by atoms with Crippen molar-refractivity contribution >= 4 is 18.0 Å². The van der Waals surface area contributed by atoms with E-state index in [9.17, 15) is 14.4 Å². The Kier molecular flexibility index (Phi) is 6.25. The van der Waals surface area contributed by atoms with Crippen molar-refractivity contribution in [2.24, 2.45) is 5.41 Å². The molecule has 0 aromatic rings. The quantitative estimate of drug-likeness (QED) is 0.794. The third-order valence-corrected chi connectivity index (χ3v) is 3.78. The van der Waals surface area contributed by atoms with Crippen LogP contribution in [0.5, 0.6) is 0 Å². The van der Waals surface area contributed by atoms with Gasteiger partial charge in [-0.3, -0.25) is 4.79 Å². The van der Waals surface area contributed by atoms with Gasteiger partial charge in [-0.05, 0) is 39.0 Å². The van der Waals surface area contributed by atoms with Crippen LogP contribution in [0.25, 0.3) is 0 Å². The Morgan fingerprint density at radius 2 is 1.71 bits per heavy atom. The Morgan fingerprint density at radius 3 is 2.17 bits per heavy atom. The van der Waals surface area contributed by atoms with Crippen LogP contribution >= 0.6 is 0 Å². The van der Waals surface area contributed by atoms with Gasteiger partial charge in [-0.1, -0.05) is 20.8 Å². The molecule has 1 rings (SSSR count). The highest BCUT2D eigenvalue weighted by molar-refractivity contribution is 5.90. The Hall–Kier alpha value is -1.79. The molecule has 7 heteroatoms. The molecule has 1 aliphatic rings. The third kappa shape index (κ3) is 5.39. The van der Waals surface area contributed by atoms with Gasteiger partial charge < -0.3 is 19.7 Å². The second-order valence-electron chi connectivity index (χ2n) is 8.16. The maximum absolute atomic E-state index is 13.0. The molecule has 0 aliphatic carbocycles. The number of nitrogens with one attached hydrogen (secondary N) is 1. The first-order valence-electron chi connectivity index (χ1n) is 8.24. The molecule has 0 bridgehead atoms. The van der Waals surface area contributed by atoms with E-state index in [-0.39, 0.29) is 5.91 Å². The first kappa shape index (κ1) is 20.3. The first-order valence-corrected chi connectivity index (χ1v) is 8.24. The Balaban J connectivity index is 2.94. The molecule has 1 N–H and O–H groups in total. The number of methoxy groups -OCH3 is 1. The molecule has 1 unspecified atom stereocenters. The maximum atomic E-state index is 13.0. The lowest BCUT2D eigenvalue weighted by Gasteiger charge is -2.35. The largest absolute Gasteiger partial charge is 0.467 e. The highest BCUT2D eigenvalue weighted by Gasteiger charge is 2.42. The van der Waals surface area contributed by atoms with Gasteiger partial charge in [0.2, 0.25) is 5.91 Å². The molecule has 1 saturated heterocycles. The van der Waals surface area contributed by atoms with Gasteiger partial charge in [-0.15, -0.1) is 0 Å². The summed E-state index contributed by atoms with van der Waals surface area (Å²) in [7, 11) is 1.31. The number of rotatable bonds is 3. The lowest BCUT2D eigenvalue weighted by Crippen LogP contribution is -2.57. The zero-order chi connectivity index (χ0) is 18.7. The minimum Gasteiger partial charge on any atom is -0.467 e. The van der Waals surface area contributed by atoms with Gasteiger partial charge in [0.25, 0.3) is 0 Å². The predicted octanol–water partition coefficient (Wildman–Crippen LogP) is 2.09. The molecule has 0 saturated carbocycles. The molecule has 0 aromatic heterocycles. The zero-order valence-electron chi connectivity index (χ0n) is 15.8. The minimum atomic E-state index is -0.794. The third-order valence-electron chi connectivity index (χ3n) is 3.78. The number of esters is 1. The monoisotopic (exact) mass is 342 g/mol. The SMILES string of the molecule is COC(=O)C1CCCN1C(=O)[C@@H](NC(=O)OC(C)(C)C)C(C)(C)C. The molecule has 0 radical (unpaired) electrons. The van der Waals surface area contributed by atoms with Crippen molar-refractivity contribution in [1.82, 2.24) is 10.2 Å². The maximum Gasteiger partial charge on any atom is 0.408 e. The number of amides is 2. The molecule has 1 heterocycles. The molecule has 0 aromatic carbocycles. The second kappa shape index (κ2) is 7.40. The molecule has 1 fully saturated rings. The van der Waals surface area contributed by atoms with Gasteiger partial charge >= 0.3 is 12.1 Å². The summed E-state index contributed by atoms with van der Waals surface area (Å²) in [5, 5.41) is 2.66. The molecule has 1 aliphatic heterocycles. The fraction of sp³-hybridized carbons (Fsp3) is 0.824. The summed E-state index contributed by atoms with van der Waals surface area (Å²) >= 11 is 0. The Morgan fingerprint density at radius 1 is 1.12 bits per heavy atom. The summed E-state index contributed by atoms with van der Waals surface area (Å²) in [6, 6.07) is -1.38. The van der Waals surface area contributed by atoms with Crippen LogP contribution in [0.15, 0.2) is 0 Å². The van der Waals surface area contributed by atoms with Crippen LogP contribution < -0.4 is 5.32 Å². The first-order chi connectivity index (χ1) is 10.9. The van der Waals surface area contributed by atoms with Gasteiger partial charge in [-0.2, -0.15) is 0 Å². The van der Waals surface area contributed by atoms with E-state index in [0.29, 0.717) is 13.0 Å². The van der Waals surface area contributed by atoms with Crippen LogP contribution in [0.2, 0.25) is 0 Å². The predicted molar refractivity (Wildman–Crippen MR) is 89.4 cm³/mol. The van der Waals surface area contributed by atoms with E-state index in [2.05, 4.69) is 5.32 Å². The minimum absolute atomic E-state index is 0.291. The van der Waals surface area contributed by atoms with Gasteiger partial charge in [-0.25, -0.2) is 9.59 Å². The lowest BCUT2D eigenvalue weighted by molar-refractivity contribution is -0.152. The number of hydrogen-bond donors (Lipinski definition) is 1. The summed E-state index contributed by atoms with van der Waals surface area (Å²) in [5.41, 5.74) is -1.19. The van der Waals surface area contributed by atoms with E-state index < -0.39 is 35.2 Å². The van der Waals surface area contributed by atoms with E-state index >= 15 is 0 Å². The van der Waals surface area contributed by atoms with E-state index in [0.717, 1.165) is 6.42 Å². The number of nitrogens with zero attached hydrogens (tertiary/aromatic N) is 1. The highest BCUT2D eigenvalue weighted by atomic mass is 16.6. The van der Waals surface area contributed by atoms with Crippen molar-refractivity contribution in [3.63, 3.8) is 0 Å². The van der Waals surface area contributed by atoms with Crippen molar-refractivity contribution in [3.8, 4) is 0 Å². The molecule has 2 atom stereocenters. The van der Waals surface area contributed by atoms with Crippen LogP contribution in [0.1, 0.15) is 54.4 Å². The van der Waals surface area contributed by atoms with Gasteiger partial charge in [0.1, 0.15) is 17.7 Å². The lowest BCUT2D eigenvalue weighted by atomic mass is 9.85. The highest BCUT2D eigenvalue weighted by Crippen LogP contribution is 2.26. The van der Waals surface area contributed by atoms with E-state index in [1.807, 2.05) is 20.8 Å². The number of alkyl carbamates (subject to hydrolysis) is 1. The topological polar surface area (TPSA) is 84.9 Å². The smallest absolute Gasteiger partial charge is 0.408 e. The van der Waals surface area contributed by atoms with E-state index in [4.69, 9.17) is 9.47 Å². The molecular formula is C17H30N2O5. The zero-order valence-corrected chi connectivity index (χ0v) is 15.8. The summed E-state index contributed by atoms with van der Waals surface area (Å²) in [4.78, 5) is 38.5. The molecular weight excluding hydrogens is 312 g/mol. The average Bonchev–Trinajstić information content (AvgIpc) is 2.89. The molecule has 138 valence electrons. The normalized spacial score (nSPS) is 19.6. The van der Waals surface area contributed by atoms with Gasteiger partial charge in [0.15, 0.2) is 0 Å². The van der Waals surface area contributed by atoms with Crippen molar-refractivity contribution in [2.45, 2.75) is 72.1 Å². The number of ether oxygens (including phenoxy) is 2. The second-order valence-corrected chi connectivity index (χ2v) is 8.16. The van der Waals surface area contributed by atoms with Crippen LogP contribution in [-0.2, 0) is 19.1 Å². The molecule has 0 spiro atoms. The Labute approximate surface area is 144 Å².